The van der Waals surface area contributed by atoms with E-state index in [0.29, 0.717) is 18.6 Å². The summed E-state index contributed by atoms with van der Waals surface area (Å²) in [4.78, 5) is 14.5. The van der Waals surface area contributed by atoms with Gasteiger partial charge in [-0.3, -0.25) is 9.69 Å². The molecule has 0 aromatic heterocycles. The maximum absolute atomic E-state index is 12.2. The van der Waals surface area contributed by atoms with Gasteiger partial charge in [-0.25, -0.2) is 0 Å². The van der Waals surface area contributed by atoms with Gasteiger partial charge in [-0.05, 0) is 39.2 Å². The van der Waals surface area contributed by atoms with Gasteiger partial charge in [-0.15, -0.1) is 0 Å². The molecule has 1 fully saturated rings. The molecule has 3 N–H and O–H groups in total. The number of carbonyl (C=O) groups is 1. The number of amides is 1. The van der Waals surface area contributed by atoms with E-state index in [0.717, 1.165) is 25.8 Å². The van der Waals surface area contributed by atoms with Crippen LogP contribution in [0, 0.1) is 0 Å². The molecule has 0 spiro atoms. The van der Waals surface area contributed by atoms with Crippen molar-refractivity contribution in [3.63, 3.8) is 0 Å². The first-order valence-corrected chi connectivity index (χ1v) is 7.40. The van der Waals surface area contributed by atoms with Crippen molar-refractivity contribution >= 4 is 5.91 Å². The van der Waals surface area contributed by atoms with Crippen molar-refractivity contribution in [2.24, 2.45) is 5.73 Å². The van der Waals surface area contributed by atoms with Gasteiger partial charge in [0.05, 0.1) is 6.04 Å². The third-order valence-corrected chi connectivity index (χ3v) is 4.15. The fourth-order valence-electron chi connectivity index (χ4n) is 2.75. The number of hydrogen-bond acceptors (Lipinski definition) is 3. The number of carbonyl (C=O) groups excluding carboxylic acids is 1. The number of piperidine rings is 1. The van der Waals surface area contributed by atoms with E-state index in [-0.39, 0.29) is 11.9 Å². The first kappa shape index (κ1) is 15.4. The van der Waals surface area contributed by atoms with Gasteiger partial charge >= 0.3 is 0 Å². The molecule has 0 bridgehead atoms. The summed E-state index contributed by atoms with van der Waals surface area (Å²) in [6, 6.07) is 0.627. The fraction of sp³-hybridized carbons (Fsp3) is 0.929. The molecule has 1 aliphatic heterocycles. The van der Waals surface area contributed by atoms with Gasteiger partial charge in [-0.2, -0.15) is 0 Å². The minimum Gasteiger partial charge on any atom is -0.352 e. The zero-order valence-electron chi connectivity index (χ0n) is 12.1. The number of hydrogen-bond donors (Lipinski definition) is 2. The normalized spacial score (nSPS) is 23.1. The molecule has 4 nitrogen and oxygen atoms in total. The fourth-order valence-corrected chi connectivity index (χ4v) is 2.75. The summed E-state index contributed by atoms with van der Waals surface area (Å²) in [6.45, 7) is 7.89. The molecule has 1 amide bonds. The Morgan fingerprint density at radius 1 is 1.39 bits per heavy atom. The van der Waals surface area contributed by atoms with Gasteiger partial charge in [0.2, 0.25) is 5.91 Å². The van der Waals surface area contributed by atoms with Crippen molar-refractivity contribution in [3.8, 4) is 0 Å². The molecule has 106 valence electrons. The summed E-state index contributed by atoms with van der Waals surface area (Å²) in [5.74, 6) is 0.157. The minimum absolute atomic E-state index is 0.0561. The van der Waals surface area contributed by atoms with Gasteiger partial charge in [0, 0.05) is 18.6 Å². The molecule has 4 heteroatoms. The zero-order chi connectivity index (χ0) is 13.5. The molecular weight excluding hydrogens is 226 g/mol. The number of rotatable bonds is 6. The molecule has 2 atom stereocenters. The molecule has 0 saturated carbocycles. The first-order chi connectivity index (χ1) is 8.63. The Morgan fingerprint density at radius 3 is 2.61 bits per heavy atom. The molecule has 2 unspecified atom stereocenters. The largest absolute Gasteiger partial charge is 0.352 e. The Hall–Kier alpha value is -0.610. The van der Waals surface area contributed by atoms with E-state index >= 15 is 0 Å². The van der Waals surface area contributed by atoms with Gasteiger partial charge < -0.3 is 11.1 Å². The quantitative estimate of drug-likeness (QED) is 0.756. The van der Waals surface area contributed by atoms with Crippen molar-refractivity contribution in [1.82, 2.24) is 10.2 Å². The summed E-state index contributed by atoms with van der Waals surface area (Å²) in [6.07, 6.45) is 5.53. The monoisotopic (exact) mass is 255 g/mol. The van der Waals surface area contributed by atoms with Crippen molar-refractivity contribution in [1.29, 1.82) is 0 Å². The third kappa shape index (κ3) is 3.95. The molecule has 1 aliphatic rings. The highest BCUT2D eigenvalue weighted by molar-refractivity contribution is 5.81. The molecular formula is C14H29N3O. The molecule has 18 heavy (non-hydrogen) atoms. The summed E-state index contributed by atoms with van der Waals surface area (Å²) in [5, 5.41) is 3.14. The van der Waals surface area contributed by atoms with Crippen LogP contribution in [0.3, 0.4) is 0 Å². The Bertz CT molecular complexity index is 253. The van der Waals surface area contributed by atoms with E-state index in [1.807, 2.05) is 6.92 Å². The second-order valence-corrected chi connectivity index (χ2v) is 5.32. The lowest BCUT2D eigenvalue weighted by molar-refractivity contribution is -0.128. The summed E-state index contributed by atoms with van der Waals surface area (Å²) < 4.78 is 0. The van der Waals surface area contributed by atoms with Crippen LogP contribution in [0.15, 0.2) is 0 Å². The van der Waals surface area contributed by atoms with E-state index in [4.69, 9.17) is 5.73 Å². The number of likely N-dealkylation sites (tertiary alicyclic amines) is 1. The second kappa shape index (κ2) is 7.74. The van der Waals surface area contributed by atoms with Crippen LogP contribution in [-0.4, -0.2) is 42.0 Å². The van der Waals surface area contributed by atoms with E-state index in [9.17, 15) is 4.79 Å². The van der Waals surface area contributed by atoms with Gasteiger partial charge in [0.1, 0.15) is 0 Å². The highest BCUT2D eigenvalue weighted by Gasteiger charge is 2.29. The zero-order valence-corrected chi connectivity index (χ0v) is 12.1. The number of nitrogens with one attached hydrogen (secondary N) is 1. The molecule has 0 aliphatic carbocycles. The highest BCUT2D eigenvalue weighted by Crippen LogP contribution is 2.19. The first-order valence-electron chi connectivity index (χ1n) is 7.40. The maximum atomic E-state index is 12.2. The molecule has 0 radical (unpaired) electrons. The Kier molecular flexibility index (Phi) is 6.65. The van der Waals surface area contributed by atoms with Crippen LogP contribution in [-0.2, 0) is 4.79 Å². The van der Waals surface area contributed by atoms with E-state index in [1.54, 1.807) is 0 Å². The van der Waals surface area contributed by atoms with Crippen molar-refractivity contribution in [2.45, 2.75) is 71.0 Å². The Morgan fingerprint density at radius 2 is 2.06 bits per heavy atom. The summed E-state index contributed by atoms with van der Waals surface area (Å²) in [5.41, 5.74) is 5.81. The standard InChI is InChI=1S/C14H29N3O/c1-4-12(5-2)16-14(18)11(3)17-9-7-6-8-13(17)10-15/h11-13H,4-10,15H2,1-3H3,(H,16,18). The van der Waals surface area contributed by atoms with E-state index in [1.165, 1.54) is 12.8 Å². The van der Waals surface area contributed by atoms with Crippen LogP contribution in [0.2, 0.25) is 0 Å². The Labute approximate surface area is 111 Å². The van der Waals surface area contributed by atoms with Gasteiger partial charge in [0.15, 0.2) is 0 Å². The molecule has 0 aromatic carbocycles. The highest BCUT2D eigenvalue weighted by atomic mass is 16.2. The Balaban J connectivity index is 2.55. The summed E-state index contributed by atoms with van der Waals surface area (Å²) in [7, 11) is 0. The van der Waals surface area contributed by atoms with Crippen molar-refractivity contribution in [2.75, 3.05) is 13.1 Å². The maximum Gasteiger partial charge on any atom is 0.237 e. The molecule has 1 rings (SSSR count). The smallest absolute Gasteiger partial charge is 0.237 e. The van der Waals surface area contributed by atoms with E-state index in [2.05, 4.69) is 24.1 Å². The van der Waals surface area contributed by atoms with Crippen LogP contribution in [0.1, 0.15) is 52.9 Å². The number of nitrogens with zero attached hydrogens (tertiary/aromatic N) is 1. The lowest BCUT2D eigenvalue weighted by Crippen LogP contribution is -2.55. The summed E-state index contributed by atoms with van der Waals surface area (Å²) >= 11 is 0. The molecule has 0 aromatic rings. The number of nitrogens with two attached hydrogens (primary N) is 1. The predicted octanol–water partition coefficient (Wildman–Crippen LogP) is 1.49. The van der Waals surface area contributed by atoms with Crippen LogP contribution in [0.25, 0.3) is 0 Å². The third-order valence-electron chi connectivity index (χ3n) is 4.15. The van der Waals surface area contributed by atoms with Crippen LogP contribution >= 0.6 is 0 Å². The average molecular weight is 255 g/mol. The van der Waals surface area contributed by atoms with Gasteiger partial charge in [0.25, 0.3) is 0 Å². The lowest BCUT2D eigenvalue weighted by atomic mass is 9.99. The average Bonchev–Trinajstić information content (AvgIpc) is 2.43. The second-order valence-electron chi connectivity index (χ2n) is 5.32. The lowest BCUT2D eigenvalue weighted by Gasteiger charge is -2.39. The van der Waals surface area contributed by atoms with E-state index < -0.39 is 0 Å². The van der Waals surface area contributed by atoms with Crippen LogP contribution < -0.4 is 11.1 Å². The van der Waals surface area contributed by atoms with Crippen LogP contribution in [0.5, 0.6) is 0 Å². The van der Waals surface area contributed by atoms with Crippen LogP contribution in [0.4, 0.5) is 0 Å². The predicted molar refractivity (Wildman–Crippen MR) is 75.4 cm³/mol. The van der Waals surface area contributed by atoms with Crippen molar-refractivity contribution in [3.05, 3.63) is 0 Å². The SMILES string of the molecule is CCC(CC)NC(=O)C(C)N1CCCCC1CN. The van der Waals surface area contributed by atoms with Crippen molar-refractivity contribution < 1.29 is 4.79 Å². The van der Waals surface area contributed by atoms with Gasteiger partial charge in [-0.1, -0.05) is 20.3 Å². The molecule has 1 heterocycles. The minimum atomic E-state index is -0.0561. The topological polar surface area (TPSA) is 58.4 Å². The molecule has 1 saturated heterocycles.